The highest BCUT2D eigenvalue weighted by atomic mass is 127. The summed E-state index contributed by atoms with van der Waals surface area (Å²) in [5, 5.41) is 20.8. The smallest absolute Gasteiger partial charge is 0.166 e. The van der Waals surface area contributed by atoms with Crippen molar-refractivity contribution in [3.63, 3.8) is 0 Å². The number of rotatable bonds is 9. The standard InChI is InChI=1S/C32H21I5O4S/c33-21-1-7-26(8-2-21)42(27-9-3-24(4-10-27)40-17-19-13-22(34)15-29(36)31(19)38)28-11-5-25(6-12-28)41-18-20-14-23(35)16-30(37)32(20)39/h1-16H,17-18H2,(H-,38,39)/p+1. The molecule has 0 saturated carbocycles. The van der Waals surface area contributed by atoms with Crippen molar-refractivity contribution >= 4 is 124 Å². The second kappa shape index (κ2) is 15.1. The van der Waals surface area contributed by atoms with Crippen molar-refractivity contribution in [3.05, 3.63) is 126 Å². The van der Waals surface area contributed by atoms with Gasteiger partial charge in [0.1, 0.15) is 36.2 Å². The van der Waals surface area contributed by atoms with Gasteiger partial charge in [-0.3, -0.25) is 0 Å². The number of hydrogen-bond acceptors (Lipinski definition) is 4. The molecule has 0 bridgehead atoms. The van der Waals surface area contributed by atoms with Crippen molar-refractivity contribution in [2.24, 2.45) is 0 Å². The third-order valence-electron chi connectivity index (χ3n) is 6.17. The summed E-state index contributed by atoms with van der Waals surface area (Å²) in [7, 11) is -0.337. The molecule has 0 saturated heterocycles. The third kappa shape index (κ3) is 8.31. The van der Waals surface area contributed by atoms with E-state index in [-0.39, 0.29) is 22.4 Å². The lowest BCUT2D eigenvalue weighted by Gasteiger charge is -2.12. The topological polar surface area (TPSA) is 58.9 Å². The molecule has 5 aromatic rings. The van der Waals surface area contributed by atoms with Gasteiger partial charge in [0.15, 0.2) is 14.7 Å². The summed E-state index contributed by atoms with van der Waals surface area (Å²) >= 11 is 11.1. The van der Waals surface area contributed by atoms with Gasteiger partial charge in [0.25, 0.3) is 0 Å². The minimum absolute atomic E-state index is 0.269. The lowest BCUT2D eigenvalue weighted by Crippen LogP contribution is -2.05. The molecule has 0 atom stereocenters. The van der Waals surface area contributed by atoms with Crippen molar-refractivity contribution in [1.82, 2.24) is 0 Å². The van der Waals surface area contributed by atoms with Crippen molar-refractivity contribution in [3.8, 4) is 23.0 Å². The molecule has 0 spiro atoms. The van der Waals surface area contributed by atoms with Crippen LogP contribution < -0.4 is 9.47 Å². The predicted octanol–water partition coefficient (Wildman–Crippen LogP) is 10.4. The second-order valence-electron chi connectivity index (χ2n) is 9.07. The fraction of sp³-hybridized carbons (Fsp3) is 0.0625. The number of phenols is 2. The molecule has 2 N–H and O–H groups in total. The highest BCUT2D eigenvalue weighted by Crippen LogP contribution is 2.35. The highest BCUT2D eigenvalue weighted by molar-refractivity contribution is 14.1. The van der Waals surface area contributed by atoms with Crippen LogP contribution in [0.25, 0.3) is 0 Å². The third-order valence-corrected chi connectivity index (χ3v) is 12.0. The van der Waals surface area contributed by atoms with Gasteiger partial charge in [0.2, 0.25) is 0 Å². The van der Waals surface area contributed by atoms with Gasteiger partial charge >= 0.3 is 0 Å². The fourth-order valence-electron chi connectivity index (χ4n) is 4.10. The second-order valence-corrected chi connectivity index (χ2v) is 17.2. The molecule has 0 aliphatic heterocycles. The van der Waals surface area contributed by atoms with E-state index in [0.29, 0.717) is 13.2 Å². The number of halogens is 5. The molecule has 0 radical (unpaired) electrons. The molecule has 5 aromatic carbocycles. The van der Waals surface area contributed by atoms with E-state index < -0.39 is 0 Å². The zero-order chi connectivity index (χ0) is 29.8. The summed E-state index contributed by atoms with van der Waals surface area (Å²) in [4.78, 5) is 3.55. The Hall–Kier alpha value is -0.700. The predicted molar refractivity (Wildman–Crippen MR) is 210 cm³/mol. The first-order valence-corrected chi connectivity index (χ1v) is 19.1. The molecule has 10 heteroatoms. The van der Waals surface area contributed by atoms with Gasteiger partial charge < -0.3 is 19.7 Å². The fourth-order valence-corrected chi connectivity index (χ4v) is 10.4. The van der Waals surface area contributed by atoms with Crippen molar-refractivity contribution in [2.75, 3.05) is 0 Å². The first kappa shape index (κ1) is 32.7. The van der Waals surface area contributed by atoms with Gasteiger partial charge in [-0.05, 0) is 210 Å². The highest BCUT2D eigenvalue weighted by Gasteiger charge is 2.29. The molecule has 0 heterocycles. The number of benzene rings is 5. The number of ether oxygens (including phenoxy) is 2. The number of phenolic OH excluding ortho intramolecular Hbond substituents is 2. The van der Waals surface area contributed by atoms with Gasteiger partial charge in [-0.15, -0.1) is 0 Å². The first-order valence-electron chi connectivity index (χ1n) is 12.5. The maximum Gasteiger partial charge on any atom is 0.166 e. The average molecular weight is 1140 g/mol. The van der Waals surface area contributed by atoms with Crippen LogP contribution in [0, 0.1) is 17.9 Å². The minimum Gasteiger partial charge on any atom is -0.506 e. The molecule has 0 fully saturated rings. The van der Waals surface area contributed by atoms with E-state index in [0.717, 1.165) is 36.9 Å². The van der Waals surface area contributed by atoms with Crippen LogP contribution >= 0.6 is 113 Å². The van der Waals surface area contributed by atoms with E-state index in [9.17, 15) is 10.2 Å². The molecule has 0 aliphatic carbocycles. The summed E-state index contributed by atoms with van der Waals surface area (Å²) in [6, 6.07) is 32.8. The molecular formula is C32H22I5O4S+. The van der Waals surface area contributed by atoms with Crippen LogP contribution in [-0.2, 0) is 24.1 Å². The summed E-state index contributed by atoms with van der Waals surface area (Å²) in [6.07, 6.45) is 0. The normalized spacial score (nSPS) is 11.1. The first-order chi connectivity index (χ1) is 20.2. The zero-order valence-electron chi connectivity index (χ0n) is 21.7. The van der Waals surface area contributed by atoms with Crippen LogP contribution in [0.4, 0.5) is 0 Å². The number of aromatic hydroxyl groups is 2. The summed E-state index contributed by atoms with van der Waals surface area (Å²) < 4.78 is 17.0. The lowest BCUT2D eigenvalue weighted by atomic mass is 10.2. The van der Waals surface area contributed by atoms with Crippen LogP contribution in [-0.4, -0.2) is 10.2 Å². The van der Waals surface area contributed by atoms with E-state index in [4.69, 9.17) is 9.47 Å². The van der Waals surface area contributed by atoms with E-state index in [1.807, 2.05) is 48.5 Å². The summed E-state index contributed by atoms with van der Waals surface area (Å²) in [5.41, 5.74) is 1.53. The molecule has 0 aliphatic rings. The van der Waals surface area contributed by atoms with E-state index in [1.54, 1.807) is 0 Å². The van der Waals surface area contributed by atoms with E-state index >= 15 is 0 Å². The summed E-state index contributed by atoms with van der Waals surface area (Å²) in [6.45, 7) is 0.586. The van der Waals surface area contributed by atoms with Gasteiger partial charge in [-0.2, -0.15) is 0 Å². The molecule has 42 heavy (non-hydrogen) atoms. The monoisotopic (exact) mass is 1140 g/mol. The Balaban J connectivity index is 1.35. The van der Waals surface area contributed by atoms with Crippen LogP contribution in [0.3, 0.4) is 0 Å². The van der Waals surface area contributed by atoms with Gasteiger partial charge in [-0.25, -0.2) is 0 Å². The Bertz CT molecular complexity index is 1590. The van der Waals surface area contributed by atoms with E-state index in [1.165, 1.54) is 18.3 Å². The van der Waals surface area contributed by atoms with Crippen LogP contribution in [0.2, 0.25) is 0 Å². The Kier molecular flexibility index (Phi) is 11.7. The molecule has 5 rings (SSSR count). The minimum atomic E-state index is -0.337. The zero-order valence-corrected chi connectivity index (χ0v) is 33.3. The molecular weight excluding hydrogens is 1110 g/mol. The molecule has 0 unspecified atom stereocenters. The Morgan fingerprint density at radius 1 is 0.476 bits per heavy atom. The van der Waals surface area contributed by atoms with Crippen LogP contribution in [0.5, 0.6) is 23.0 Å². The van der Waals surface area contributed by atoms with Crippen molar-refractivity contribution < 1.29 is 19.7 Å². The van der Waals surface area contributed by atoms with E-state index in [2.05, 4.69) is 161 Å². The van der Waals surface area contributed by atoms with Gasteiger partial charge in [-0.1, -0.05) is 0 Å². The largest absolute Gasteiger partial charge is 0.506 e. The summed E-state index contributed by atoms with van der Waals surface area (Å²) in [5.74, 6) is 2.03. The quantitative estimate of drug-likeness (QED) is 0.114. The Morgan fingerprint density at radius 3 is 1.21 bits per heavy atom. The number of hydrogen-bond donors (Lipinski definition) is 2. The van der Waals surface area contributed by atoms with Gasteiger partial charge in [0, 0.05) is 21.8 Å². The lowest BCUT2D eigenvalue weighted by molar-refractivity contribution is 0.298. The molecule has 0 amide bonds. The SMILES string of the molecule is Oc1c(I)cc(I)cc1COc1ccc([S+](c2ccc(I)cc2)c2ccc(OCc3cc(I)cc(I)c3O)cc2)cc1. The van der Waals surface area contributed by atoms with Crippen LogP contribution in [0.1, 0.15) is 11.1 Å². The Labute approximate surface area is 316 Å². The maximum absolute atomic E-state index is 10.4. The average Bonchev–Trinajstić information content (AvgIpc) is 2.97. The molecule has 214 valence electrons. The Morgan fingerprint density at radius 2 is 0.833 bits per heavy atom. The molecule has 0 aromatic heterocycles. The maximum atomic E-state index is 10.4. The van der Waals surface area contributed by atoms with Crippen LogP contribution in [0.15, 0.2) is 112 Å². The van der Waals surface area contributed by atoms with Gasteiger partial charge in [0.05, 0.1) is 18.0 Å². The molecule has 4 nitrogen and oxygen atoms in total. The van der Waals surface area contributed by atoms with Crippen molar-refractivity contribution in [2.45, 2.75) is 27.9 Å². The van der Waals surface area contributed by atoms with Crippen molar-refractivity contribution in [1.29, 1.82) is 0 Å².